The Bertz CT molecular complexity index is 267. The van der Waals surface area contributed by atoms with Crippen molar-refractivity contribution in [2.24, 2.45) is 0 Å². The van der Waals surface area contributed by atoms with Gasteiger partial charge in [-0.3, -0.25) is 4.98 Å². The van der Waals surface area contributed by atoms with E-state index in [2.05, 4.69) is 20.6 Å². The number of nitrogens with one attached hydrogen (secondary N) is 2. The molecule has 0 atom stereocenters. The van der Waals surface area contributed by atoms with Crippen LogP contribution in [0, 0.1) is 0 Å². The van der Waals surface area contributed by atoms with Crippen LogP contribution in [0.25, 0.3) is 0 Å². The molecule has 1 rings (SSSR count). The first-order chi connectivity index (χ1) is 6.86. The molecule has 0 saturated heterocycles. The SMILES string of the molecule is CCNc1cncc(NCCCO)n1. The molecular weight excluding hydrogens is 180 g/mol. The van der Waals surface area contributed by atoms with Gasteiger partial charge in [-0.1, -0.05) is 0 Å². The van der Waals surface area contributed by atoms with Gasteiger partial charge in [0, 0.05) is 19.7 Å². The predicted molar refractivity (Wildman–Crippen MR) is 56.4 cm³/mol. The summed E-state index contributed by atoms with van der Waals surface area (Å²) in [6, 6.07) is 0. The van der Waals surface area contributed by atoms with Crippen molar-refractivity contribution in [2.75, 3.05) is 30.3 Å². The van der Waals surface area contributed by atoms with E-state index in [1.165, 1.54) is 0 Å². The van der Waals surface area contributed by atoms with Crippen molar-refractivity contribution in [3.05, 3.63) is 12.4 Å². The van der Waals surface area contributed by atoms with Crippen molar-refractivity contribution < 1.29 is 5.11 Å². The van der Waals surface area contributed by atoms with Gasteiger partial charge in [0.05, 0.1) is 12.4 Å². The molecule has 0 radical (unpaired) electrons. The molecule has 1 heterocycles. The third kappa shape index (κ3) is 3.57. The summed E-state index contributed by atoms with van der Waals surface area (Å²) in [6.07, 6.45) is 4.06. The minimum Gasteiger partial charge on any atom is -0.396 e. The number of hydrogen-bond acceptors (Lipinski definition) is 5. The summed E-state index contributed by atoms with van der Waals surface area (Å²) in [7, 11) is 0. The van der Waals surface area contributed by atoms with Gasteiger partial charge in [-0.25, -0.2) is 4.98 Å². The molecule has 1 aromatic rings. The Kier molecular flexibility index (Phi) is 4.71. The highest BCUT2D eigenvalue weighted by molar-refractivity contribution is 5.41. The van der Waals surface area contributed by atoms with E-state index in [1.807, 2.05) is 6.92 Å². The number of anilines is 2. The lowest BCUT2D eigenvalue weighted by atomic mass is 10.4. The molecule has 5 heteroatoms. The summed E-state index contributed by atoms with van der Waals surface area (Å²) in [5, 5.41) is 14.7. The fraction of sp³-hybridized carbons (Fsp3) is 0.556. The third-order valence-electron chi connectivity index (χ3n) is 1.63. The van der Waals surface area contributed by atoms with E-state index >= 15 is 0 Å². The van der Waals surface area contributed by atoms with Crippen LogP contribution in [0.1, 0.15) is 13.3 Å². The monoisotopic (exact) mass is 196 g/mol. The smallest absolute Gasteiger partial charge is 0.146 e. The first-order valence-corrected chi connectivity index (χ1v) is 4.77. The van der Waals surface area contributed by atoms with Gasteiger partial charge in [-0.05, 0) is 13.3 Å². The molecule has 0 aliphatic heterocycles. The zero-order valence-electron chi connectivity index (χ0n) is 8.32. The average Bonchev–Trinajstić information content (AvgIpc) is 2.19. The van der Waals surface area contributed by atoms with Crippen LogP contribution >= 0.6 is 0 Å². The maximum atomic E-state index is 8.59. The van der Waals surface area contributed by atoms with E-state index in [-0.39, 0.29) is 6.61 Å². The highest BCUT2D eigenvalue weighted by Crippen LogP contribution is 2.05. The number of nitrogens with zero attached hydrogens (tertiary/aromatic N) is 2. The molecule has 0 aliphatic rings. The van der Waals surface area contributed by atoms with Crippen LogP contribution in [0.3, 0.4) is 0 Å². The predicted octanol–water partition coefficient (Wildman–Crippen LogP) is 0.703. The zero-order valence-corrected chi connectivity index (χ0v) is 8.32. The van der Waals surface area contributed by atoms with Gasteiger partial charge in [0.15, 0.2) is 0 Å². The van der Waals surface area contributed by atoms with Gasteiger partial charge < -0.3 is 15.7 Å². The fourth-order valence-corrected chi connectivity index (χ4v) is 1.01. The van der Waals surface area contributed by atoms with Crippen LogP contribution in [-0.4, -0.2) is 34.8 Å². The molecule has 3 N–H and O–H groups in total. The van der Waals surface area contributed by atoms with Gasteiger partial charge in [-0.2, -0.15) is 0 Å². The Labute approximate surface area is 83.6 Å². The van der Waals surface area contributed by atoms with Crippen molar-refractivity contribution in [3.63, 3.8) is 0 Å². The van der Waals surface area contributed by atoms with Crippen molar-refractivity contribution in [1.29, 1.82) is 0 Å². The van der Waals surface area contributed by atoms with Crippen LogP contribution in [0.15, 0.2) is 12.4 Å². The second-order valence-electron chi connectivity index (χ2n) is 2.82. The summed E-state index contributed by atoms with van der Waals surface area (Å²) < 4.78 is 0. The van der Waals surface area contributed by atoms with Crippen molar-refractivity contribution in [3.8, 4) is 0 Å². The van der Waals surface area contributed by atoms with E-state index in [9.17, 15) is 0 Å². The van der Waals surface area contributed by atoms with Gasteiger partial charge in [0.2, 0.25) is 0 Å². The topological polar surface area (TPSA) is 70.1 Å². The lowest BCUT2D eigenvalue weighted by molar-refractivity contribution is 0.292. The lowest BCUT2D eigenvalue weighted by Gasteiger charge is -2.06. The molecule has 0 aromatic carbocycles. The Balaban J connectivity index is 2.46. The van der Waals surface area contributed by atoms with Gasteiger partial charge in [0.1, 0.15) is 11.6 Å². The molecule has 1 aromatic heterocycles. The number of aromatic nitrogens is 2. The lowest BCUT2D eigenvalue weighted by Crippen LogP contribution is -2.07. The van der Waals surface area contributed by atoms with Crippen molar-refractivity contribution >= 4 is 11.6 Å². The highest BCUT2D eigenvalue weighted by Gasteiger charge is 1.95. The summed E-state index contributed by atoms with van der Waals surface area (Å²) in [4.78, 5) is 8.30. The first-order valence-electron chi connectivity index (χ1n) is 4.77. The van der Waals surface area contributed by atoms with Gasteiger partial charge >= 0.3 is 0 Å². The molecular formula is C9H16N4O. The standard InChI is InChI=1S/C9H16N4O/c1-2-11-8-6-10-7-9(13-8)12-4-3-5-14/h6-7,14H,2-5H2,1H3,(H2,11,12,13). The minimum atomic E-state index is 0.188. The van der Waals surface area contributed by atoms with Crippen molar-refractivity contribution in [1.82, 2.24) is 9.97 Å². The first kappa shape index (κ1) is 10.7. The summed E-state index contributed by atoms with van der Waals surface area (Å²) in [5.41, 5.74) is 0. The molecule has 0 spiro atoms. The van der Waals surface area contributed by atoms with E-state index in [0.29, 0.717) is 13.0 Å². The highest BCUT2D eigenvalue weighted by atomic mass is 16.3. The molecule has 0 fully saturated rings. The van der Waals surface area contributed by atoms with E-state index < -0.39 is 0 Å². The maximum Gasteiger partial charge on any atom is 0.146 e. The summed E-state index contributed by atoms with van der Waals surface area (Å²) in [5.74, 6) is 1.50. The average molecular weight is 196 g/mol. The second-order valence-corrected chi connectivity index (χ2v) is 2.82. The summed E-state index contributed by atoms with van der Waals surface area (Å²) >= 11 is 0. The van der Waals surface area contributed by atoms with Crippen molar-refractivity contribution in [2.45, 2.75) is 13.3 Å². The maximum absolute atomic E-state index is 8.59. The Morgan fingerprint density at radius 3 is 2.64 bits per heavy atom. The van der Waals surface area contributed by atoms with Crippen LogP contribution in [0.4, 0.5) is 11.6 Å². The van der Waals surface area contributed by atoms with E-state index in [4.69, 9.17) is 5.11 Å². The molecule has 0 bridgehead atoms. The van der Waals surface area contributed by atoms with Crippen LogP contribution in [0.2, 0.25) is 0 Å². The van der Waals surface area contributed by atoms with Gasteiger partial charge in [-0.15, -0.1) is 0 Å². The minimum absolute atomic E-state index is 0.188. The Hall–Kier alpha value is -1.36. The third-order valence-corrected chi connectivity index (χ3v) is 1.63. The molecule has 0 aliphatic carbocycles. The number of rotatable bonds is 6. The normalized spacial score (nSPS) is 9.86. The largest absolute Gasteiger partial charge is 0.396 e. The molecule has 0 amide bonds. The number of aliphatic hydroxyl groups is 1. The summed E-state index contributed by atoms with van der Waals surface area (Å²) in [6.45, 7) is 3.73. The number of hydrogen-bond donors (Lipinski definition) is 3. The number of aliphatic hydroxyl groups excluding tert-OH is 1. The molecule has 5 nitrogen and oxygen atoms in total. The van der Waals surface area contributed by atoms with Gasteiger partial charge in [0.25, 0.3) is 0 Å². The van der Waals surface area contributed by atoms with E-state index in [1.54, 1.807) is 12.4 Å². The van der Waals surface area contributed by atoms with Crippen LogP contribution < -0.4 is 10.6 Å². The van der Waals surface area contributed by atoms with Crippen LogP contribution in [0.5, 0.6) is 0 Å². The van der Waals surface area contributed by atoms with Crippen LogP contribution in [-0.2, 0) is 0 Å². The molecule has 0 unspecified atom stereocenters. The Morgan fingerprint density at radius 2 is 2.00 bits per heavy atom. The molecule has 0 saturated carbocycles. The fourth-order valence-electron chi connectivity index (χ4n) is 1.01. The zero-order chi connectivity index (χ0) is 10.2. The Morgan fingerprint density at radius 1 is 1.29 bits per heavy atom. The van der Waals surface area contributed by atoms with E-state index in [0.717, 1.165) is 18.2 Å². The quantitative estimate of drug-likeness (QED) is 0.584. The second kappa shape index (κ2) is 6.15. The molecule has 14 heavy (non-hydrogen) atoms. The molecule has 78 valence electrons.